The van der Waals surface area contributed by atoms with E-state index in [2.05, 4.69) is 9.71 Å². The van der Waals surface area contributed by atoms with Crippen LogP contribution in [0.1, 0.15) is 28.3 Å². The molecule has 1 atom stereocenters. The van der Waals surface area contributed by atoms with E-state index < -0.39 is 16.0 Å². The van der Waals surface area contributed by atoms with Gasteiger partial charge >= 0.3 is 5.97 Å². The highest BCUT2D eigenvalue weighted by Crippen LogP contribution is 2.33. The fourth-order valence-electron chi connectivity index (χ4n) is 2.60. The van der Waals surface area contributed by atoms with Crippen LogP contribution in [-0.2, 0) is 10.0 Å². The summed E-state index contributed by atoms with van der Waals surface area (Å²) in [4.78, 5) is 14.5. The van der Waals surface area contributed by atoms with E-state index >= 15 is 0 Å². The normalized spacial score (nSPS) is 16.9. The quantitative estimate of drug-likeness (QED) is 0.851. The molecule has 0 aliphatic carbocycles. The molecule has 0 bridgehead atoms. The Morgan fingerprint density at radius 2 is 2.12 bits per heavy atom. The second-order valence-electron chi connectivity index (χ2n) is 5.44. The lowest BCUT2D eigenvalue weighted by atomic mass is 9.93. The van der Waals surface area contributed by atoms with Crippen LogP contribution in [0.2, 0.25) is 0 Å². The maximum atomic E-state index is 12.4. The average Bonchev–Trinajstić information content (AvgIpc) is 2.60. The van der Waals surface area contributed by atoms with Crippen molar-refractivity contribution in [1.82, 2.24) is 9.71 Å². The van der Waals surface area contributed by atoms with Crippen LogP contribution < -0.4 is 9.46 Å². The summed E-state index contributed by atoms with van der Waals surface area (Å²) in [7, 11) is -3.83. The zero-order valence-corrected chi connectivity index (χ0v) is 13.5. The molecule has 0 radical (unpaired) electrons. The van der Waals surface area contributed by atoms with Crippen LogP contribution in [0.3, 0.4) is 0 Å². The van der Waals surface area contributed by atoms with Gasteiger partial charge in [-0.05, 0) is 24.1 Å². The highest BCUT2D eigenvalue weighted by Gasteiger charge is 2.24. The molecule has 0 spiro atoms. The Morgan fingerprint density at radius 3 is 2.92 bits per heavy atom. The van der Waals surface area contributed by atoms with Gasteiger partial charge in [-0.1, -0.05) is 18.2 Å². The molecule has 0 fully saturated rings. The summed E-state index contributed by atoms with van der Waals surface area (Å²) in [5.74, 6) is -0.458. The first-order valence-corrected chi connectivity index (χ1v) is 8.85. The number of aromatic nitrogens is 1. The number of aromatic carboxylic acids is 1. The molecular formula is C16H16N2O5S. The van der Waals surface area contributed by atoms with Crippen LogP contribution in [0.15, 0.2) is 47.6 Å². The van der Waals surface area contributed by atoms with Gasteiger partial charge in [0.1, 0.15) is 10.6 Å². The first kappa shape index (κ1) is 16.4. The van der Waals surface area contributed by atoms with Crippen molar-refractivity contribution in [3.05, 3.63) is 53.9 Å². The second kappa shape index (κ2) is 6.58. The summed E-state index contributed by atoms with van der Waals surface area (Å²) in [5, 5.41) is 8.95. The molecule has 3 rings (SSSR count). The van der Waals surface area contributed by atoms with Gasteiger partial charge in [-0.3, -0.25) is 4.98 Å². The zero-order valence-electron chi connectivity index (χ0n) is 12.7. The fraction of sp³-hybridized carbons (Fsp3) is 0.250. The van der Waals surface area contributed by atoms with Crippen molar-refractivity contribution >= 4 is 16.0 Å². The van der Waals surface area contributed by atoms with Crippen LogP contribution in [0.4, 0.5) is 0 Å². The Balaban J connectivity index is 1.77. The number of fused-ring (bicyclic) bond motifs is 1. The molecule has 126 valence electrons. The highest BCUT2D eigenvalue weighted by atomic mass is 32.2. The Bertz CT molecular complexity index is 866. The third-order valence-electron chi connectivity index (χ3n) is 3.87. The number of pyridine rings is 1. The molecule has 2 aromatic rings. The van der Waals surface area contributed by atoms with E-state index in [-0.39, 0.29) is 22.9 Å². The lowest BCUT2D eigenvalue weighted by Gasteiger charge is -2.25. The largest absolute Gasteiger partial charge is 0.493 e. The molecule has 0 amide bonds. The van der Waals surface area contributed by atoms with Gasteiger partial charge in [0, 0.05) is 24.9 Å². The van der Waals surface area contributed by atoms with E-state index in [4.69, 9.17) is 9.84 Å². The highest BCUT2D eigenvalue weighted by molar-refractivity contribution is 7.89. The van der Waals surface area contributed by atoms with E-state index in [9.17, 15) is 13.2 Å². The number of para-hydroxylation sites is 1. The van der Waals surface area contributed by atoms with Crippen LogP contribution in [-0.4, -0.2) is 37.6 Å². The Morgan fingerprint density at radius 1 is 1.33 bits per heavy atom. The number of carboxylic acids is 1. The molecule has 7 nitrogen and oxygen atoms in total. The van der Waals surface area contributed by atoms with Gasteiger partial charge in [0.05, 0.1) is 12.2 Å². The van der Waals surface area contributed by atoms with Gasteiger partial charge in [0.2, 0.25) is 10.0 Å². The maximum Gasteiger partial charge on any atom is 0.337 e. The number of rotatable bonds is 5. The van der Waals surface area contributed by atoms with Crippen molar-refractivity contribution in [3.8, 4) is 5.75 Å². The van der Waals surface area contributed by atoms with Crippen molar-refractivity contribution in [2.75, 3.05) is 13.2 Å². The number of hydrogen-bond donors (Lipinski definition) is 2. The summed E-state index contributed by atoms with van der Waals surface area (Å²) < 4.78 is 32.9. The molecule has 2 heterocycles. The lowest BCUT2D eigenvalue weighted by molar-refractivity contribution is 0.0696. The van der Waals surface area contributed by atoms with Gasteiger partial charge < -0.3 is 9.84 Å². The van der Waals surface area contributed by atoms with Gasteiger partial charge in [-0.25, -0.2) is 17.9 Å². The second-order valence-corrected chi connectivity index (χ2v) is 7.21. The van der Waals surface area contributed by atoms with Crippen molar-refractivity contribution < 1.29 is 23.1 Å². The van der Waals surface area contributed by atoms with Crippen molar-refractivity contribution in [1.29, 1.82) is 0 Å². The third-order valence-corrected chi connectivity index (χ3v) is 5.26. The number of hydrogen-bond acceptors (Lipinski definition) is 5. The molecule has 1 aromatic carbocycles. The molecule has 1 aromatic heterocycles. The number of sulfonamides is 1. The summed E-state index contributed by atoms with van der Waals surface area (Å²) in [6.07, 6.45) is 2.94. The third kappa shape index (κ3) is 3.39. The van der Waals surface area contributed by atoms with Crippen molar-refractivity contribution in [2.45, 2.75) is 17.2 Å². The van der Waals surface area contributed by atoms with Crippen molar-refractivity contribution in [3.63, 3.8) is 0 Å². The average molecular weight is 348 g/mol. The molecule has 0 saturated carbocycles. The number of carbonyl (C=O) groups is 1. The predicted molar refractivity (Wildman–Crippen MR) is 85.7 cm³/mol. The van der Waals surface area contributed by atoms with E-state index in [0.29, 0.717) is 13.0 Å². The topological polar surface area (TPSA) is 106 Å². The number of nitrogens with one attached hydrogen (secondary N) is 1. The van der Waals surface area contributed by atoms with E-state index in [1.807, 2.05) is 24.3 Å². The standard InChI is InChI=1S/C16H16N2O5S/c19-16(20)12-7-13(10-17-8-12)24(21,22)18-9-11-5-6-23-15-4-2-1-3-14(11)15/h1-4,7-8,10-11,18H,5-6,9H2,(H,19,20). The van der Waals surface area contributed by atoms with Gasteiger partial charge in [-0.2, -0.15) is 0 Å². The SMILES string of the molecule is O=C(O)c1cncc(S(=O)(=O)NCC2CCOc3ccccc32)c1. The summed E-state index contributed by atoms with van der Waals surface area (Å²) >= 11 is 0. The number of carboxylic acid groups (broad SMARTS) is 1. The molecule has 0 saturated heterocycles. The summed E-state index contributed by atoms with van der Waals surface area (Å²) in [5.41, 5.74) is 0.790. The Kier molecular flexibility index (Phi) is 4.50. The first-order chi connectivity index (χ1) is 11.5. The van der Waals surface area contributed by atoms with E-state index in [0.717, 1.165) is 29.8 Å². The van der Waals surface area contributed by atoms with E-state index in [1.165, 1.54) is 0 Å². The molecular weight excluding hydrogens is 332 g/mol. The minimum absolute atomic E-state index is 0.000315. The van der Waals surface area contributed by atoms with E-state index in [1.54, 1.807) is 0 Å². The Hall–Kier alpha value is -2.45. The van der Waals surface area contributed by atoms with Gasteiger partial charge in [-0.15, -0.1) is 0 Å². The minimum Gasteiger partial charge on any atom is -0.493 e. The van der Waals surface area contributed by atoms with Crippen molar-refractivity contribution in [2.24, 2.45) is 0 Å². The van der Waals surface area contributed by atoms with Gasteiger partial charge in [0.25, 0.3) is 0 Å². The maximum absolute atomic E-state index is 12.4. The molecule has 8 heteroatoms. The molecule has 1 unspecified atom stereocenters. The smallest absolute Gasteiger partial charge is 0.337 e. The monoisotopic (exact) mass is 348 g/mol. The van der Waals surface area contributed by atoms with Crippen LogP contribution in [0.5, 0.6) is 5.75 Å². The predicted octanol–water partition coefficient (Wildman–Crippen LogP) is 1.62. The molecule has 2 N–H and O–H groups in total. The lowest BCUT2D eigenvalue weighted by Crippen LogP contribution is -2.31. The zero-order chi connectivity index (χ0) is 17.2. The summed E-state index contributed by atoms with van der Waals surface area (Å²) in [6, 6.07) is 8.62. The number of ether oxygens (including phenoxy) is 1. The van der Waals surface area contributed by atoms with Crippen LogP contribution in [0.25, 0.3) is 0 Å². The minimum atomic E-state index is -3.83. The van der Waals surface area contributed by atoms with Crippen LogP contribution in [0, 0.1) is 0 Å². The number of nitrogens with zero attached hydrogens (tertiary/aromatic N) is 1. The molecule has 1 aliphatic heterocycles. The first-order valence-electron chi connectivity index (χ1n) is 7.37. The Labute approximate surface area is 139 Å². The van der Waals surface area contributed by atoms with Gasteiger partial charge in [0.15, 0.2) is 0 Å². The summed E-state index contributed by atoms with van der Waals surface area (Å²) in [6.45, 7) is 0.736. The molecule has 24 heavy (non-hydrogen) atoms. The molecule has 1 aliphatic rings. The number of benzene rings is 1. The fourth-order valence-corrected chi connectivity index (χ4v) is 3.67. The van der Waals surface area contributed by atoms with Crippen LogP contribution >= 0.6 is 0 Å².